The van der Waals surface area contributed by atoms with E-state index in [-0.39, 0.29) is 23.7 Å². The van der Waals surface area contributed by atoms with Gasteiger partial charge in [-0.2, -0.15) is 0 Å². The van der Waals surface area contributed by atoms with Crippen LogP contribution in [0.1, 0.15) is 31.9 Å². The van der Waals surface area contributed by atoms with Gasteiger partial charge in [0, 0.05) is 5.56 Å². The zero-order valence-electron chi connectivity index (χ0n) is 8.79. The highest BCUT2D eigenvalue weighted by Crippen LogP contribution is 2.22. The molecule has 78 valence electrons. The summed E-state index contributed by atoms with van der Waals surface area (Å²) < 4.78 is 0. The van der Waals surface area contributed by atoms with Crippen LogP contribution in [0.4, 0.5) is 0 Å². The Morgan fingerprint density at radius 2 is 1.86 bits per heavy atom. The van der Waals surface area contributed by atoms with Crippen LogP contribution in [0.15, 0.2) is 24.3 Å². The standard InChI is InChI=1S/C11H16N2.ClH/c1-11(2,3)9-6-4-5-8(7-9)10(12)13;/h4-7H,1-3H3,(H3,12,13);1H. The van der Waals surface area contributed by atoms with E-state index in [1.807, 2.05) is 18.2 Å². The molecule has 3 heteroatoms. The lowest BCUT2D eigenvalue weighted by molar-refractivity contribution is 0.590. The van der Waals surface area contributed by atoms with E-state index in [0.717, 1.165) is 5.56 Å². The van der Waals surface area contributed by atoms with Gasteiger partial charge in [0.05, 0.1) is 0 Å². The molecule has 1 aromatic carbocycles. The molecule has 0 aliphatic carbocycles. The fourth-order valence-electron chi connectivity index (χ4n) is 1.15. The Hall–Kier alpha value is -1.02. The first-order chi connectivity index (χ1) is 5.91. The number of hydrogen-bond acceptors (Lipinski definition) is 1. The zero-order valence-corrected chi connectivity index (χ0v) is 9.61. The number of nitrogen functional groups attached to an aromatic ring is 1. The molecule has 2 nitrogen and oxygen atoms in total. The second kappa shape index (κ2) is 4.47. The van der Waals surface area contributed by atoms with Gasteiger partial charge in [-0.3, -0.25) is 5.41 Å². The molecule has 0 radical (unpaired) electrons. The van der Waals surface area contributed by atoms with E-state index < -0.39 is 0 Å². The molecule has 0 unspecified atom stereocenters. The third kappa shape index (κ3) is 3.04. The fraction of sp³-hybridized carbons (Fsp3) is 0.364. The molecular weight excluding hydrogens is 196 g/mol. The third-order valence-electron chi connectivity index (χ3n) is 2.04. The molecule has 0 aliphatic heterocycles. The normalized spacial score (nSPS) is 10.5. The van der Waals surface area contributed by atoms with Gasteiger partial charge in [-0.05, 0) is 17.0 Å². The van der Waals surface area contributed by atoms with Crippen LogP contribution in [0, 0.1) is 5.41 Å². The second-order valence-corrected chi connectivity index (χ2v) is 4.24. The molecule has 1 aromatic rings. The molecule has 0 atom stereocenters. The van der Waals surface area contributed by atoms with Gasteiger partial charge in [-0.15, -0.1) is 12.4 Å². The summed E-state index contributed by atoms with van der Waals surface area (Å²) in [6, 6.07) is 7.84. The molecule has 0 aromatic heterocycles. The first-order valence-electron chi connectivity index (χ1n) is 4.36. The summed E-state index contributed by atoms with van der Waals surface area (Å²) >= 11 is 0. The average Bonchev–Trinajstić information content (AvgIpc) is 2.03. The van der Waals surface area contributed by atoms with Crippen molar-refractivity contribution in [3.8, 4) is 0 Å². The fourth-order valence-corrected chi connectivity index (χ4v) is 1.15. The minimum absolute atomic E-state index is 0. The molecule has 0 fully saturated rings. The van der Waals surface area contributed by atoms with Crippen molar-refractivity contribution >= 4 is 18.2 Å². The lowest BCUT2D eigenvalue weighted by atomic mass is 9.86. The van der Waals surface area contributed by atoms with Crippen LogP contribution in [0.5, 0.6) is 0 Å². The monoisotopic (exact) mass is 212 g/mol. The molecule has 0 spiro atoms. The molecule has 0 heterocycles. The van der Waals surface area contributed by atoms with E-state index in [0.29, 0.717) is 0 Å². The Morgan fingerprint density at radius 3 is 2.29 bits per heavy atom. The maximum Gasteiger partial charge on any atom is 0.122 e. The Labute approximate surface area is 91.4 Å². The van der Waals surface area contributed by atoms with Crippen molar-refractivity contribution in [1.82, 2.24) is 0 Å². The minimum Gasteiger partial charge on any atom is -0.384 e. The maximum atomic E-state index is 7.31. The van der Waals surface area contributed by atoms with E-state index in [1.165, 1.54) is 5.56 Å². The topological polar surface area (TPSA) is 49.9 Å². The quantitative estimate of drug-likeness (QED) is 0.546. The van der Waals surface area contributed by atoms with Crippen molar-refractivity contribution in [3.05, 3.63) is 35.4 Å². The minimum atomic E-state index is 0. The number of hydrogen-bond donors (Lipinski definition) is 2. The molecule has 1 rings (SSSR count). The van der Waals surface area contributed by atoms with Gasteiger partial charge in [-0.1, -0.05) is 39.0 Å². The van der Waals surface area contributed by atoms with E-state index >= 15 is 0 Å². The summed E-state index contributed by atoms with van der Waals surface area (Å²) in [5.74, 6) is 0.131. The molecule has 0 saturated carbocycles. The Balaban J connectivity index is 0.00000169. The van der Waals surface area contributed by atoms with E-state index in [1.54, 1.807) is 0 Å². The highest BCUT2D eigenvalue weighted by Gasteiger charge is 2.13. The smallest absolute Gasteiger partial charge is 0.122 e. The number of nitrogens with one attached hydrogen (secondary N) is 1. The van der Waals surface area contributed by atoms with Crippen molar-refractivity contribution in [2.45, 2.75) is 26.2 Å². The molecule has 3 N–H and O–H groups in total. The summed E-state index contributed by atoms with van der Waals surface area (Å²) in [4.78, 5) is 0. The summed E-state index contributed by atoms with van der Waals surface area (Å²) in [5.41, 5.74) is 7.53. The highest BCUT2D eigenvalue weighted by atomic mass is 35.5. The Kier molecular flexibility index (Phi) is 4.14. The molecule has 14 heavy (non-hydrogen) atoms. The highest BCUT2D eigenvalue weighted by molar-refractivity contribution is 5.95. The van der Waals surface area contributed by atoms with Gasteiger partial charge in [-0.25, -0.2) is 0 Å². The zero-order chi connectivity index (χ0) is 10.1. The average molecular weight is 213 g/mol. The first kappa shape index (κ1) is 13.0. The number of amidine groups is 1. The van der Waals surface area contributed by atoms with Crippen LogP contribution >= 0.6 is 12.4 Å². The summed E-state index contributed by atoms with van der Waals surface area (Å²) in [5, 5.41) is 7.31. The number of benzene rings is 1. The predicted molar refractivity (Wildman–Crippen MR) is 63.4 cm³/mol. The molecule has 0 bridgehead atoms. The predicted octanol–water partition coefficient (Wildman–Crippen LogP) is 2.69. The molecule has 0 amide bonds. The van der Waals surface area contributed by atoms with Gasteiger partial charge in [0.15, 0.2) is 0 Å². The van der Waals surface area contributed by atoms with Crippen molar-refractivity contribution in [2.24, 2.45) is 5.73 Å². The molecule has 0 saturated heterocycles. The molecule has 0 aliphatic rings. The lowest BCUT2D eigenvalue weighted by Gasteiger charge is -2.19. The second-order valence-electron chi connectivity index (χ2n) is 4.24. The van der Waals surface area contributed by atoms with Crippen molar-refractivity contribution < 1.29 is 0 Å². The van der Waals surface area contributed by atoms with Crippen LogP contribution in [0.3, 0.4) is 0 Å². The van der Waals surface area contributed by atoms with Crippen molar-refractivity contribution in [2.75, 3.05) is 0 Å². The molecular formula is C11H17ClN2. The van der Waals surface area contributed by atoms with Crippen molar-refractivity contribution in [1.29, 1.82) is 5.41 Å². The van der Waals surface area contributed by atoms with Crippen LogP contribution in [0.2, 0.25) is 0 Å². The van der Waals surface area contributed by atoms with Crippen LogP contribution in [0.25, 0.3) is 0 Å². The van der Waals surface area contributed by atoms with Crippen LogP contribution in [-0.4, -0.2) is 5.84 Å². The van der Waals surface area contributed by atoms with E-state index in [4.69, 9.17) is 11.1 Å². The number of rotatable bonds is 1. The van der Waals surface area contributed by atoms with Gasteiger partial charge in [0.1, 0.15) is 5.84 Å². The van der Waals surface area contributed by atoms with Gasteiger partial charge in [0.25, 0.3) is 0 Å². The van der Waals surface area contributed by atoms with E-state index in [9.17, 15) is 0 Å². The first-order valence-corrected chi connectivity index (χ1v) is 4.36. The van der Waals surface area contributed by atoms with Gasteiger partial charge >= 0.3 is 0 Å². The Bertz CT molecular complexity index is 326. The van der Waals surface area contributed by atoms with E-state index in [2.05, 4.69) is 26.8 Å². The van der Waals surface area contributed by atoms with Gasteiger partial charge in [0.2, 0.25) is 0 Å². The van der Waals surface area contributed by atoms with Crippen LogP contribution < -0.4 is 5.73 Å². The maximum absolute atomic E-state index is 7.31. The number of nitrogens with two attached hydrogens (primary N) is 1. The van der Waals surface area contributed by atoms with Crippen LogP contribution in [-0.2, 0) is 5.41 Å². The summed E-state index contributed by atoms with van der Waals surface area (Å²) in [6.45, 7) is 6.44. The van der Waals surface area contributed by atoms with Crippen molar-refractivity contribution in [3.63, 3.8) is 0 Å². The lowest BCUT2D eigenvalue weighted by Crippen LogP contribution is -2.15. The summed E-state index contributed by atoms with van der Waals surface area (Å²) in [7, 11) is 0. The van der Waals surface area contributed by atoms with Gasteiger partial charge < -0.3 is 5.73 Å². The number of halogens is 1. The summed E-state index contributed by atoms with van der Waals surface area (Å²) in [6.07, 6.45) is 0. The Morgan fingerprint density at radius 1 is 1.29 bits per heavy atom. The SMILES string of the molecule is CC(C)(C)c1cccc(C(=N)N)c1.Cl. The largest absolute Gasteiger partial charge is 0.384 e. The third-order valence-corrected chi connectivity index (χ3v) is 2.04.